The van der Waals surface area contributed by atoms with Gasteiger partial charge in [-0.05, 0) is 31.6 Å². The SMILES string of the molecule is C[C@H]1c2cccc(O)c2C(=O)C2=C(O)[C@]3(O)C(=O)C(C(N)=O)=C(O)[C@@H](N(C)C)[C@@H]3[C@@H](O)[C@@H]21.O.O=C(O)CCC(=O)O. The summed E-state index contributed by atoms with van der Waals surface area (Å²) in [6.07, 6.45) is -2.18. The number of hydrogen-bond acceptors (Lipinski definition) is 11. The number of aliphatic carboxylic acids is 2. The molecule has 0 aromatic heterocycles. The molecule has 0 radical (unpaired) electrons. The highest BCUT2D eigenvalue weighted by Gasteiger charge is 2.67. The van der Waals surface area contributed by atoms with Crippen LogP contribution in [0.25, 0.3) is 0 Å². The number of ketones is 2. The fourth-order valence-corrected chi connectivity index (χ4v) is 5.80. The van der Waals surface area contributed by atoms with Crippen molar-refractivity contribution in [3.63, 3.8) is 0 Å². The number of aliphatic hydroxyl groups excluding tert-OH is 3. The quantitative estimate of drug-likeness (QED) is 0.189. The van der Waals surface area contributed by atoms with Gasteiger partial charge < -0.3 is 47.0 Å². The first-order valence-corrected chi connectivity index (χ1v) is 12.1. The number of benzene rings is 1. The van der Waals surface area contributed by atoms with Gasteiger partial charge in [0.25, 0.3) is 5.91 Å². The number of aliphatic hydroxyl groups is 4. The minimum atomic E-state index is -2.89. The summed E-state index contributed by atoms with van der Waals surface area (Å²) >= 11 is 0. The minimum Gasteiger partial charge on any atom is -0.510 e. The molecule has 0 spiro atoms. The van der Waals surface area contributed by atoms with E-state index in [1.807, 2.05) is 0 Å². The number of nitrogens with zero attached hydrogens (tertiary/aromatic N) is 1. The van der Waals surface area contributed by atoms with Crippen molar-refractivity contribution in [1.29, 1.82) is 0 Å². The zero-order valence-electron chi connectivity index (χ0n) is 22.2. The van der Waals surface area contributed by atoms with Crippen LogP contribution in [0.3, 0.4) is 0 Å². The number of carbonyl (C=O) groups is 5. The Hall–Kier alpha value is -4.31. The number of primary amides is 1. The van der Waals surface area contributed by atoms with Crippen molar-refractivity contribution in [2.75, 3.05) is 14.1 Å². The molecule has 4 rings (SSSR count). The first-order chi connectivity index (χ1) is 18.5. The number of rotatable bonds is 5. The van der Waals surface area contributed by atoms with Crippen LogP contribution in [0.5, 0.6) is 5.75 Å². The molecule has 11 N–H and O–H groups in total. The number of phenols is 1. The Morgan fingerprint density at radius 1 is 1.02 bits per heavy atom. The summed E-state index contributed by atoms with van der Waals surface area (Å²) in [7, 11) is 2.98. The maximum atomic E-state index is 13.3. The average molecular weight is 581 g/mol. The van der Waals surface area contributed by atoms with Crippen LogP contribution in [0.4, 0.5) is 0 Å². The average Bonchev–Trinajstić information content (AvgIpc) is 2.85. The standard InChI is InChI=1S/C22H24N2O8.C4H6O4.H2O/c1-7-8-5-4-6-9(25)11(8)16(26)12-10(7)17(27)14-15(24(2)3)18(28)13(21(23)31)20(30)22(14,32)19(12)29;5-3(6)1-2-4(7)8;/h4-7,10,14-15,17,25,27-29,32H,1-3H3,(H2,23,31);1-2H2,(H,5,6)(H,7,8);1H2/t7-,10+,14+,15-,17-,22-;;/m0../s1. The molecule has 1 amide bonds. The van der Waals surface area contributed by atoms with Crippen LogP contribution >= 0.6 is 0 Å². The Labute approximate surface area is 232 Å². The van der Waals surface area contributed by atoms with Gasteiger partial charge in [-0.15, -0.1) is 0 Å². The number of nitrogens with two attached hydrogens (primary N) is 1. The van der Waals surface area contributed by atoms with Crippen LogP contribution in [0.1, 0.15) is 41.6 Å². The molecule has 224 valence electrons. The van der Waals surface area contributed by atoms with E-state index in [4.69, 9.17) is 15.9 Å². The number of hydrogen-bond donors (Lipinski definition) is 8. The summed E-state index contributed by atoms with van der Waals surface area (Å²) in [6.45, 7) is 1.68. The Bertz CT molecular complexity index is 1350. The van der Waals surface area contributed by atoms with Crippen LogP contribution in [-0.4, -0.2) is 107 Å². The highest BCUT2D eigenvalue weighted by Crippen LogP contribution is 2.55. The Balaban J connectivity index is 0.000000574. The molecule has 15 nitrogen and oxygen atoms in total. The lowest BCUT2D eigenvalue weighted by molar-refractivity contribution is -0.162. The molecular weight excluding hydrogens is 548 g/mol. The zero-order valence-corrected chi connectivity index (χ0v) is 22.2. The largest absolute Gasteiger partial charge is 0.510 e. The van der Waals surface area contributed by atoms with Gasteiger partial charge in [-0.2, -0.15) is 0 Å². The Morgan fingerprint density at radius 2 is 1.56 bits per heavy atom. The lowest BCUT2D eigenvalue weighted by Gasteiger charge is -2.53. The van der Waals surface area contributed by atoms with Crippen molar-refractivity contribution >= 4 is 29.4 Å². The first-order valence-electron chi connectivity index (χ1n) is 12.1. The molecule has 0 heterocycles. The number of amides is 1. The number of phenolic OH excluding ortho intramolecular Hbond substituents is 1. The minimum absolute atomic E-state index is 0. The molecule has 1 aromatic carbocycles. The molecule has 1 aromatic rings. The van der Waals surface area contributed by atoms with Crippen LogP contribution in [0, 0.1) is 11.8 Å². The number of fused-ring (bicyclic) bond motifs is 3. The lowest BCUT2D eigenvalue weighted by Crippen LogP contribution is -2.68. The van der Waals surface area contributed by atoms with Crippen molar-refractivity contribution in [3.8, 4) is 5.75 Å². The first kappa shape index (κ1) is 32.9. The maximum Gasteiger partial charge on any atom is 0.303 e. The lowest BCUT2D eigenvalue weighted by atomic mass is 9.55. The topological polar surface area (TPSA) is 288 Å². The number of carboxylic acid groups (broad SMARTS) is 2. The molecule has 0 unspecified atom stereocenters. The number of carbonyl (C=O) groups excluding carboxylic acids is 3. The van der Waals surface area contributed by atoms with Crippen LogP contribution in [0.2, 0.25) is 0 Å². The number of aromatic hydroxyl groups is 1. The summed E-state index contributed by atoms with van der Waals surface area (Å²) in [5.74, 6) is -11.0. The molecule has 0 bridgehead atoms. The summed E-state index contributed by atoms with van der Waals surface area (Å²) in [5, 5.41) is 70.8. The zero-order chi connectivity index (χ0) is 30.4. The predicted octanol–water partition coefficient (Wildman–Crippen LogP) is -1.24. The van der Waals surface area contributed by atoms with Gasteiger partial charge in [-0.1, -0.05) is 19.1 Å². The molecule has 15 heteroatoms. The summed E-state index contributed by atoms with van der Waals surface area (Å²) in [5.41, 5.74) is 1.36. The van der Waals surface area contributed by atoms with Gasteiger partial charge in [-0.3, -0.25) is 28.9 Å². The molecule has 41 heavy (non-hydrogen) atoms. The van der Waals surface area contributed by atoms with E-state index < -0.39 is 87.6 Å². The van der Waals surface area contributed by atoms with Crippen molar-refractivity contribution in [3.05, 3.63) is 52.0 Å². The van der Waals surface area contributed by atoms with Gasteiger partial charge in [0.05, 0.1) is 36.5 Å². The van der Waals surface area contributed by atoms with Crippen LogP contribution < -0.4 is 5.73 Å². The third-order valence-electron chi connectivity index (χ3n) is 7.55. The summed E-state index contributed by atoms with van der Waals surface area (Å²) < 4.78 is 0. The highest BCUT2D eigenvalue weighted by molar-refractivity contribution is 6.25. The van der Waals surface area contributed by atoms with Crippen molar-refractivity contribution in [2.45, 2.75) is 43.4 Å². The molecule has 0 saturated heterocycles. The van der Waals surface area contributed by atoms with Crippen molar-refractivity contribution < 1.29 is 65.2 Å². The number of carboxylic acids is 2. The third kappa shape index (κ3) is 5.15. The van der Waals surface area contributed by atoms with Gasteiger partial charge in [0, 0.05) is 11.5 Å². The van der Waals surface area contributed by atoms with E-state index in [-0.39, 0.29) is 29.6 Å². The fourth-order valence-electron chi connectivity index (χ4n) is 5.80. The Morgan fingerprint density at radius 3 is 2.02 bits per heavy atom. The van der Waals surface area contributed by atoms with E-state index >= 15 is 0 Å². The van der Waals surface area contributed by atoms with Crippen molar-refractivity contribution in [1.82, 2.24) is 4.90 Å². The third-order valence-corrected chi connectivity index (χ3v) is 7.55. The van der Waals surface area contributed by atoms with E-state index in [0.29, 0.717) is 5.56 Å². The highest BCUT2D eigenvalue weighted by atomic mass is 16.4. The monoisotopic (exact) mass is 580 g/mol. The van der Waals surface area contributed by atoms with Gasteiger partial charge in [0.1, 0.15) is 22.8 Å². The molecule has 3 aliphatic rings. The second-order valence-electron chi connectivity index (χ2n) is 10.1. The van der Waals surface area contributed by atoms with E-state index in [1.165, 1.54) is 25.1 Å². The number of likely N-dealkylation sites (N-methyl/N-ethyl adjacent to an activating group) is 1. The van der Waals surface area contributed by atoms with E-state index in [0.717, 1.165) is 0 Å². The Kier molecular flexibility index (Phi) is 9.36. The van der Waals surface area contributed by atoms with Gasteiger partial charge >= 0.3 is 11.9 Å². The smallest absolute Gasteiger partial charge is 0.303 e. The van der Waals surface area contributed by atoms with Gasteiger partial charge in [-0.25, -0.2) is 0 Å². The molecule has 0 fully saturated rings. The van der Waals surface area contributed by atoms with E-state index in [2.05, 4.69) is 0 Å². The summed E-state index contributed by atoms with van der Waals surface area (Å²) in [6, 6.07) is 3.17. The van der Waals surface area contributed by atoms with Crippen LogP contribution in [-0.2, 0) is 19.2 Å². The maximum absolute atomic E-state index is 13.3. The molecule has 3 aliphatic carbocycles. The van der Waals surface area contributed by atoms with E-state index in [1.54, 1.807) is 19.1 Å². The fraction of sp³-hybridized carbons (Fsp3) is 0.423. The molecule has 6 atom stereocenters. The second kappa shape index (κ2) is 11.7. The summed E-state index contributed by atoms with van der Waals surface area (Å²) in [4.78, 5) is 59.1. The van der Waals surface area contributed by atoms with Crippen molar-refractivity contribution in [2.24, 2.45) is 17.6 Å². The van der Waals surface area contributed by atoms with Gasteiger partial charge in [0.2, 0.25) is 5.78 Å². The van der Waals surface area contributed by atoms with Gasteiger partial charge in [0.15, 0.2) is 11.4 Å². The van der Waals surface area contributed by atoms with E-state index in [9.17, 15) is 49.5 Å². The predicted molar refractivity (Wildman–Crippen MR) is 138 cm³/mol. The normalized spacial score (nSPS) is 28.5. The number of Topliss-reactive ketones (excluding diaryl/α,β-unsaturated/α-hetero) is 2. The molecule has 0 aliphatic heterocycles. The molecule has 0 saturated carbocycles. The molecular formula is C26H32N2O13. The van der Waals surface area contributed by atoms with Crippen LogP contribution in [0.15, 0.2) is 40.9 Å². The second-order valence-corrected chi connectivity index (χ2v) is 10.1.